The van der Waals surface area contributed by atoms with Gasteiger partial charge in [0.15, 0.2) is 0 Å². The van der Waals surface area contributed by atoms with Crippen LogP contribution in [0.3, 0.4) is 0 Å². The Morgan fingerprint density at radius 1 is 1.17 bits per heavy atom. The number of carbonyl (C=O) groups is 1. The summed E-state index contributed by atoms with van der Waals surface area (Å²) in [6, 6.07) is 16.2. The number of aromatic hydroxyl groups is 1. The Morgan fingerprint density at radius 3 is 2.62 bits per heavy atom. The van der Waals surface area contributed by atoms with Crippen molar-refractivity contribution >= 4 is 5.91 Å². The second-order valence-corrected chi connectivity index (χ2v) is 5.52. The molecule has 0 aliphatic carbocycles. The number of aromatic nitrogens is 3. The van der Waals surface area contributed by atoms with Crippen LogP contribution in [0.25, 0.3) is 5.69 Å². The highest BCUT2D eigenvalue weighted by Crippen LogP contribution is 2.17. The Morgan fingerprint density at radius 2 is 1.88 bits per heavy atom. The van der Waals surface area contributed by atoms with Gasteiger partial charge in [0, 0.05) is 5.56 Å². The van der Waals surface area contributed by atoms with Gasteiger partial charge >= 0.3 is 0 Å². The van der Waals surface area contributed by atoms with E-state index >= 15 is 0 Å². The number of hydrogen-bond donors (Lipinski definition) is 2. The second-order valence-electron chi connectivity index (χ2n) is 5.52. The van der Waals surface area contributed by atoms with E-state index in [1.807, 2.05) is 37.3 Å². The van der Waals surface area contributed by atoms with Gasteiger partial charge in [-0.05, 0) is 25.1 Å². The number of nitrogens with one attached hydrogen (secondary N) is 1. The Labute approximate surface area is 139 Å². The summed E-state index contributed by atoms with van der Waals surface area (Å²) in [5.41, 5.74) is 2.17. The fraction of sp³-hybridized carbons (Fsp3) is 0.167. The van der Waals surface area contributed by atoms with Crippen molar-refractivity contribution in [3.05, 3.63) is 72.1 Å². The maximum atomic E-state index is 12.1. The maximum absolute atomic E-state index is 12.1. The van der Waals surface area contributed by atoms with Crippen LogP contribution in [0.5, 0.6) is 5.75 Å². The standard InChI is InChI=1S/C18H18N4O2/c1-13(19-18(24)11-14-7-5-6-10-17(14)23)16-12-22(21-20-16)15-8-3-2-4-9-15/h2-10,12-13,23H,11H2,1H3,(H,19,24)/t13-/m0/s1. The summed E-state index contributed by atoms with van der Waals surface area (Å²) < 4.78 is 1.67. The van der Waals surface area contributed by atoms with E-state index in [1.54, 1.807) is 35.1 Å². The van der Waals surface area contributed by atoms with Crippen molar-refractivity contribution in [2.75, 3.05) is 0 Å². The van der Waals surface area contributed by atoms with E-state index in [4.69, 9.17) is 0 Å². The molecule has 0 saturated carbocycles. The average Bonchev–Trinajstić information content (AvgIpc) is 3.08. The van der Waals surface area contributed by atoms with Crippen molar-refractivity contribution in [1.82, 2.24) is 20.3 Å². The van der Waals surface area contributed by atoms with Crippen molar-refractivity contribution in [1.29, 1.82) is 0 Å². The lowest BCUT2D eigenvalue weighted by Crippen LogP contribution is -2.28. The number of nitrogens with zero attached hydrogens (tertiary/aromatic N) is 3. The first-order chi connectivity index (χ1) is 11.6. The summed E-state index contributed by atoms with van der Waals surface area (Å²) in [7, 11) is 0. The Hall–Kier alpha value is -3.15. The summed E-state index contributed by atoms with van der Waals surface area (Å²) in [6.07, 6.45) is 1.91. The molecule has 6 nitrogen and oxygen atoms in total. The van der Waals surface area contributed by atoms with Crippen molar-refractivity contribution in [2.24, 2.45) is 0 Å². The van der Waals surface area contributed by atoms with Gasteiger partial charge in [-0.15, -0.1) is 5.10 Å². The second kappa shape index (κ2) is 6.95. The fourth-order valence-electron chi connectivity index (χ4n) is 2.38. The summed E-state index contributed by atoms with van der Waals surface area (Å²) in [5.74, 6) is -0.0615. The molecule has 3 aromatic rings. The summed E-state index contributed by atoms with van der Waals surface area (Å²) >= 11 is 0. The van der Waals surface area contributed by atoms with Crippen molar-refractivity contribution in [2.45, 2.75) is 19.4 Å². The third-order valence-corrected chi connectivity index (χ3v) is 3.70. The topological polar surface area (TPSA) is 80.0 Å². The molecule has 0 aliphatic heterocycles. The first-order valence-corrected chi connectivity index (χ1v) is 7.67. The molecule has 122 valence electrons. The molecule has 2 N–H and O–H groups in total. The molecule has 1 aromatic heterocycles. The molecule has 2 aromatic carbocycles. The van der Waals surface area contributed by atoms with Crippen LogP contribution in [0.1, 0.15) is 24.2 Å². The predicted octanol–water partition coefficient (Wildman–Crippen LogP) is 2.39. The monoisotopic (exact) mass is 322 g/mol. The number of phenolic OH excluding ortho intramolecular Hbond substituents is 1. The Kier molecular flexibility index (Phi) is 4.56. The lowest BCUT2D eigenvalue weighted by atomic mass is 10.1. The summed E-state index contributed by atoms with van der Waals surface area (Å²) in [6.45, 7) is 1.85. The van der Waals surface area contributed by atoms with Crippen LogP contribution in [-0.4, -0.2) is 26.0 Å². The molecular weight excluding hydrogens is 304 g/mol. The average molecular weight is 322 g/mol. The molecule has 1 heterocycles. The van der Waals surface area contributed by atoms with Crippen LogP contribution in [0.4, 0.5) is 0 Å². The summed E-state index contributed by atoms with van der Waals surface area (Å²) in [5, 5.41) is 20.8. The van der Waals surface area contributed by atoms with Crippen LogP contribution >= 0.6 is 0 Å². The van der Waals surface area contributed by atoms with Gasteiger partial charge < -0.3 is 10.4 Å². The quantitative estimate of drug-likeness (QED) is 0.756. The smallest absolute Gasteiger partial charge is 0.225 e. The first-order valence-electron chi connectivity index (χ1n) is 7.67. The molecule has 24 heavy (non-hydrogen) atoms. The molecule has 6 heteroatoms. The lowest BCUT2D eigenvalue weighted by molar-refractivity contribution is -0.121. The van der Waals surface area contributed by atoms with E-state index in [9.17, 15) is 9.90 Å². The number of benzene rings is 2. The van der Waals surface area contributed by atoms with Gasteiger partial charge in [0.1, 0.15) is 11.4 Å². The molecule has 0 fully saturated rings. The van der Waals surface area contributed by atoms with Crippen LogP contribution in [0, 0.1) is 0 Å². The highest BCUT2D eigenvalue weighted by molar-refractivity contribution is 5.79. The Balaban J connectivity index is 1.65. The van der Waals surface area contributed by atoms with Crippen LogP contribution in [0.2, 0.25) is 0 Å². The van der Waals surface area contributed by atoms with Crippen LogP contribution in [-0.2, 0) is 11.2 Å². The molecule has 1 amide bonds. The number of hydrogen-bond acceptors (Lipinski definition) is 4. The van der Waals surface area contributed by atoms with Gasteiger partial charge in [-0.1, -0.05) is 41.6 Å². The molecule has 1 atom stereocenters. The Bertz CT molecular complexity index is 830. The van der Waals surface area contributed by atoms with E-state index in [2.05, 4.69) is 15.6 Å². The molecule has 0 bridgehead atoms. The molecule has 0 radical (unpaired) electrons. The maximum Gasteiger partial charge on any atom is 0.225 e. The van der Waals surface area contributed by atoms with Gasteiger partial charge in [0.25, 0.3) is 0 Å². The van der Waals surface area contributed by atoms with Gasteiger partial charge in [-0.25, -0.2) is 4.68 Å². The first kappa shape index (κ1) is 15.7. The number of para-hydroxylation sites is 2. The third-order valence-electron chi connectivity index (χ3n) is 3.70. The zero-order valence-electron chi connectivity index (χ0n) is 13.3. The minimum atomic E-state index is -0.277. The van der Waals surface area contributed by atoms with Crippen LogP contribution in [0.15, 0.2) is 60.8 Å². The minimum Gasteiger partial charge on any atom is -0.508 e. The van der Waals surface area contributed by atoms with Crippen molar-refractivity contribution in [3.63, 3.8) is 0 Å². The van der Waals surface area contributed by atoms with Gasteiger partial charge in [-0.2, -0.15) is 0 Å². The van der Waals surface area contributed by atoms with Crippen molar-refractivity contribution < 1.29 is 9.90 Å². The number of rotatable bonds is 5. The molecule has 3 rings (SSSR count). The zero-order chi connectivity index (χ0) is 16.9. The SMILES string of the molecule is C[C@H](NC(=O)Cc1ccccc1O)c1cn(-c2ccccc2)nn1. The molecular formula is C18H18N4O2. The highest BCUT2D eigenvalue weighted by atomic mass is 16.3. The lowest BCUT2D eigenvalue weighted by Gasteiger charge is -2.11. The van der Waals surface area contributed by atoms with E-state index in [-0.39, 0.29) is 24.1 Å². The van der Waals surface area contributed by atoms with Gasteiger partial charge in [0.2, 0.25) is 5.91 Å². The summed E-state index contributed by atoms with van der Waals surface area (Å²) in [4.78, 5) is 12.1. The normalized spacial score (nSPS) is 11.9. The van der Waals surface area contributed by atoms with Crippen molar-refractivity contribution in [3.8, 4) is 11.4 Å². The fourth-order valence-corrected chi connectivity index (χ4v) is 2.38. The highest BCUT2D eigenvalue weighted by Gasteiger charge is 2.15. The molecule has 0 spiro atoms. The zero-order valence-corrected chi connectivity index (χ0v) is 13.3. The van der Waals surface area contributed by atoms with E-state index in [0.717, 1.165) is 5.69 Å². The molecule has 0 saturated heterocycles. The van der Waals surface area contributed by atoms with E-state index in [0.29, 0.717) is 11.3 Å². The van der Waals surface area contributed by atoms with Crippen LogP contribution < -0.4 is 5.32 Å². The molecule has 0 unspecified atom stereocenters. The van der Waals surface area contributed by atoms with E-state index in [1.165, 1.54) is 0 Å². The third kappa shape index (κ3) is 3.60. The molecule has 0 aliphatic rings. The number of amides is 1. The minimum absolute atomic E-state index is 0.115. The van der Waals surface area contributed by atoms with Gasteiger partial charge in [0.05, 0.1) is 24.3 Å². The van der Waals surface area contributed by atoms with E-state index < -0.39 is 0 Å². The largest absolute Gasteiger partial charge is 0.508 e. The van der Waals surface area contributed by atoms with Gasteiger partial charge in [-0.3, -0.25) is 4.79 Å². The number of phenols is 1. The predicted molar refractivity (Wildman–Crippen MR) is 89.7 cm³/mol. The number of carbonyl (C=O) groups excluding carboxylic acids is 1.